The number of nitrogens with one attached hydrogen (secondary N) is 3. The summed E-state index contributed by atoms with van der Waals surface area (Å²) in [4.78, 5) is 34.3. The molecule has 4 N–H and O–H groups in total. The van der Waals surface area contributed by atoms with E-state index in [-0.39, 0.29) is 18.5 Å². The van der Waals surface area contributed by atoms with Crippen molar-refractivity contribution >= 4 is 17.9 Å². The number of carboxylic acids is 1. The Morgan fingerprint density at radius 2 is 1.79 bits per heavy atom. The van der Waals surface area contributed by atoms with Gasteiger partial charge in [-0.05, 0) is 25.7 Å². The number of hydrogen-bond donors (Lipinski definition) is 4. The van der Waals surface area contributed by atoms with Crippen LogP contribution in [0.4, 0.5) is 4.79 Å². The zero-order valence-corrected chi connectivity index (χ0v) is 10.7. The number of aliphatic carboxylic acids is 1. The highest BCUT2D eigenvalue weighted by atomic mass is 16.4. The van der Waals surface area contributed by atoms with Gasteiger partial charge >= 0.3 is 12.0 Å². The Kier molecular flexibility index (Phi) is 3.92. The zero-order valence-electron chi connectivity index (χ0n) is 10.7. The largest absolute Gasteiger partial charge is 0.480 e. The van der Waals surface area contributed by atoms with E-state index in [9.17, 15) is 19.5 Å². The van der Waals surface area contributed by atoms with E-state index < -0.39 is 17.5 Å². The quantitative estimate of drug-likeness (QED) is 0.561. The van der Waals surface area contributed by atoms with Gasteiger partial charge in [-0.1, -0.05) is 12.8 Å². The molecule has 0 aromatic carbocycles. The molecule has 0 aliphatic heterocycles. The van der Waals surface area contributed by atoms with Crippen molar-refractivity contribution in [2.45, 2.75) is 50.1 Å². The summed E-state index contributed by atoms with van der Waals surface area (Å²) in [5.41, 5.74) is -1.17. The lowest BCUT2D eigenvalue weighted by Crippen LogP contribution is -2.56. The Labute approximate surface area is 111 Å². The number of carboxylic acid groups (broad SMARTS) is 1. The summed E-state index contributed by atoms with van der Waals surface area (Å²) in [5, 5.41) is 16.8. The SMILES string of the molecule is O=C(CNC(=O)NC1(C(=O)O)CCCC1)NC1CC1. The maximum absolute atomic E-state index is 11.6. The summed E-state index contributed by atoms with van der Waals surface area (Å²) in [6.45, 7) is -0.127. The lowest BCUT2D eigenvalue weighted by Gasteiger charge is -2.25. The molecule has 106 valence electrons. The maximum Gasteiger partial charge on any atom is 0.329 e. The summed E-state index contributed by atoms with van der Waals surface area (Å²) in [6, 6.07) is -0.354. The van der Waals surface area contributed by atoms with Crippen LogP contribution >= 0.6 is 0 Å². The number of amides is 3. The second-order valence-corrected chi connectivity index (χ2v) is 5.24. The van der Waals surface area contributed by atoms with Crippen LogP contribution < -0.4 is 16.0 Å². The summed E-state index contributed by atoms with van der Waals surface area (Å²) in [7, 11) is 0. The molecular formula is C12H19N3O4. The van der Waals surface area contributed by atoms with Gasteiger partial charge in [-0.3, -0.25) is 4.79 Å². The fourth-order valence-electron chi connectivity index (χ4n) is 2.30. The lowest BCUT2D eigenvalue weighted by atomic mass is 9.98. The van der Waals surface area contributed by atoms with Crippen molar-refractivity contribution in [3.05, 3.63) is 0 Å². The molecule has 0 atom stereocenters. The fraction of sp³-hybridized carbons (Fsp3) is 0.750. The second kappa shape index (κ2) is 5.46. The molecule has 7 nitrogen and oxygen atoms in total. The van der Waals surface area contributed by atoms with Crippen molar-refractivity contribution in [2.75, 3.05) is 6.54 Å². The molecule has 0 spiro atoms. The van der Waals surface area contributed by atoms with Crippen LogP contribution in [0.15, 0.2) is 0 Å². The second-order valence-electron chi connectivity index (χ2n) is 5.24. The van der Waals surface area contributed by atoms with Gasteiger partial charge in [0.25, 0.3) is 0 Å². The molecule has 0 bridgehead atoms. The summed E-state index contributed by atoms with van der Waals surface area (Å²) >= 11 is 0. The Bertz CT molecular complexity index is 386. The van der Waals surface area contributed by atoms with Gasteiger partial charge in [0.2, 0.25) is 5.91 Å². The molecule has 0 radical (unpaired) electrons. The van der Waals surface area contributed by atoms with Gasteiger partial charge in [0.15, 0.2) is 0 Å². The molecule has 0 heterocycles. The third kappa shape index (κ3) is 3.59. The Morgan fingerprint density at radius 1 is 1.16 bits per heavy atom. The van der Waals surface area contributed by atoms with Crippen LogP contribution in [0, 0.1) is 0 Å². The minimum absolute atomic E-state index is 0.127. The first-order chi connectivity index (χ1) is 9.02. The maximum atomic E-state index is 11.6. The van der Waals surface area contributed by atoms with E-state index in [4.69, 9.17) is 0 Å². The van der Waals surface area contributed by atoms with Crippen molar-refractivity contribution in [3.63, 3.8) is 0 Å². The smallest absolute Gasteiger partial charge is 0.329 e. The molecule has 0 aromatic heterocycles. The molecular weight excluding hydrogens is 250 g/mol. The van der Waals surface area contributed by atoms with Crippen LogP contribution in [0.1, 0.15) is 38.5 Å². The van der Waals surface area contributed by atoms with Crippen molar-refractivity contribution in [3.8, 4) is 0 Å². The van der Waals surface area contributed by atoms with E-state index in [1.807, 2.05) is 0 Å². The molecule has 0 aromatic rings. The van der Waals surface area contributed by atoms with E-state index in [0.717, 1.165) is 25.7 Å². The van der Waals surface area contributed by atoms with E-state index >= 15 is 0 Å². The molecule has 19 heavy (non-hydrogen) atoms. The highest BCUT2D eigenvalue weighted by molar-refractivity contribution is 5.89. The van der Waals surface area contributed by atoms with Gasteiger partial charge < -0.3 is 21.1 Å². The summed E-state index contributed by atoms with van der Waals surface area (Å²) in [6.07, 6.45) is 4.41. The minimum atomic E-state index is -1.17. The van der Waals surface area contributed by atoms with Gasteiger partial charge in [-0.15, -0.1) is 0 Å². The van der Waals surface area contributed by atoms with Crippen LogP contribution in [0.5, 0.6) is 0 Å². The van der Waals surface area contributed by atoms with Gasteiger partial charge in [0.1, 0.15) is 5.54 Å². The zero-order chi connectivity index (χ0) is 13.9. The molecule has 2 aliphatic rings. The molecule has 2 rings (SSSR count). The van der Waals surface area contributed by atoms with Crippen LogP contribution in [0.25, 0.3) is 0 Å². The third-order valence-electron chi connectivity index (χ3n) is 3.57. The Morgan fingerprint density at radius 3 is 2.32 bits per heavy atom. The van der Waals surface area contributed by atoms with Crippen LogP contribution in [0.3, 0.4) is 0 Å². The number of urea groups is 1. The van der Waals surface area contributed by atoms with Crippen LogP contribution in [-0.2, 0) is 9.59 Å². The van der Waals surface area contributed by atoms with Gasteiger partial charge in [0, 0.05) is 6.04 Å². The minimum Gasteiger partial charge on any atom is -0.480 e. The predicted octanol–water partition coefficient (Wildman–Crippen LogP) is -0.0384. The lowest BCUT2D eigenvalue weighted by molar-refractivity contribution is -0.144. The summed E-state index contributed by atoms with van der Waals surface area (Å²) < 4.78 is 0. The topological polar surface area (TPSA) is 108 Å². The average Bonchev–Trinajstić information content (AvgIpc) is 3.02. The van der Waals surface area contributed by atoms with Crippen LogP contribution in [-0.4, -0.2) is 41.1 Å². The molecule has 2 fully saturated rings. The fourth-order valence-corrected chi connectivity index (χ4v) is 2.30. The Hall–Kier alpha value is -1.79. The third-order valence-corrected chi connectivity index (χ3v) is 3.57. The molecule has 0 unspecified atom stereocenters. The van der Waals surface area contributed by atoms with Crippen molar-refractivity contribution in [1.29, 1.82) is 0 Å². The van der Waals surface area contributed by atoms with E-state index in [2.05, 4.69) is 16.0 Å². The number of carbonyl (C=O) groups is 3. The van der Waals surface area contributed by atoms with Crippen molar-refractivity contribution < 1.29 is 19.5 Å². The van der Waals surface area contributed by atoms with E-state index in [1.165, 1.54) is 0 Å². The van der Waals surface area contributed by atoms with E-state index in [0.29, 0.717) is 12.8 Å². The van der Waals surface area contributed by atoms with Gasteiger partial charge in [0.05, 0.1) is 6.54 Å². The van der Waals surface area contributed by atoms with E-state index in [1.54, 1.807) is 0 Å². The first-order valence-corrected chi connectivity index (χ1v) is 6.61. The Balaban J connectivity index is 1.76. The monoisotopic (exact) mass is 269 g/mol. The van der Waals surface area contributed by atoms with Gasteiger partial charge in [-0.25, -0.2) is 9.59 Å². The molecule has 2 saturated carbocycles. The first-order valence-electron chi connectivity index (χ1n) is 6.61. The predicted molar refractivity (Wildman–Crippen MR) is 66.5 cm³/mol. The summed E-state index contributed by atoms with van der Waals surface area (Å²) in [5.74, 6) is -1.25. The normalized spacial score (nSPS) is 20.6. The molecule has 3 amide bonds. The van der Waals surface area contributed by atoms with Gasteiger partial charge in [-0.2, -0.15) is 0 Å². The number of rotatable bonds is 5. The van der Waals surface area contributed by atoms with Crippen molar-refractivity contribution in [2.24, 2.45) is 0 Å². The van der Waals surface area contributed by atoms with Crippen LogP contribution in [0.2, 0.25) is 0 Å². The first kappa shape index (κ1) is 13.6. The standard InChI is InChI=1S/C12H19N3O4/c16-9(14-8-3-4-8)7-13-11(19)15-12(10(17)18)5-1-2-6-12/h8H,1-7H2,(H,14,16)(H,17,18)(H2,13,15,19). The molecule has 2 aliphatic carbocycles. The highest BCUT2D eigenvalue weighted by Crippen LogP contribution is 2.29. The molecule has 7 heteroatoms. The number of carbonyl (C=O) groups excluding carboxylic acids is 2. The average molecular weight is 269 g/mol. The number of hydrogen-bond acceptors (Lipinski definition) is 3. The molecule has 0 saturated heterocycles. The highest BCUT2D eigenvalue weighted by Gasteiger charge is 2.42. The van der Waals surface area contributed by atoms with Crippen molar-refractivity contribution in [1.82, 2.24) is 16.0 Å².